The molecule has 0 radical (unpaired) electrons. The van der Waals surface area contributed by atoms with E-state index in [1.165, 1.54) is 12.1 Å². The number of carbonyl (C=O) groups is 1. The minimum absolute atomic E-state index is 0.0758. The van der Waals surface area contributed by atoms with Crippen LogP contribution in [0.5, 0.6) is 0 Å². The predicted molar refractivity (Wildman–Crippen MR) is 53.5 cm³/mol. The smallest absolute Gasteiger partial charge is 0.307 e. The number of Topliss-reactive ketones (excluding diaryl/α,β-unsaturated/α-hetero) is 1. The van der Waals surface area contributed by atoms with Crippen molar-refractivity contribution in [1.29, 1.82) is 0 Å². The molecule has 0 atom stereocenters. The third-order valence-electron chi connectivity index (χ3n) is 1.87. The minimum atomic E-state index is -3.35. The summed E-state index contributed by atoms with van der Waals surface area (Å²) in [6.07, 6.45) is 1.16. The Morgan fingerprint density at radius 2 is 2.00 bits per heavy atom. The zero-order valence-electron chi connectivity index (χ0n) is 8.79. The number of alkyl halides is 2. The van der Waals surface area contributed by atoms with Crippen LogP contribution in [0.15, 0.2) is 18.3 Å². The highest BCUT2D eigenvalue weighted by atomic mass is 19.3. The van der Waals surface area contributed by atoms with Gasteiger partial charge in [0, 0.05) is 32.8 Å². The number of halogens is 2. The van der Waals surface area contributed by atoms with Gasteiger partial charge in [-0.15, -0.1) is 0 Å². The third kappa shape index (κ3) is 2.71. The number of aromatic nitrogens is 1. The van der Waals surface area contributed by atoms with Crippen molar-refractivity contribution >= 4 is 11.6 Å². The van der Waals surface area contributed by atoms with Crippen LogP contribution >= 0.6 is 0 Å². The number of rotatable bonds is 3. The number of pyridine rings is 1. The van der Waals surface area contributed by atoms with Gasteiger partial charge in [0.15, 0.2) is 0 Å². The van der Waals surface area contributed by atoms with Gasteiger partial charge >= 0.3 is 5.92 Å². The fourth-order valence-electron chi connectivity index (χ4n) is 1.04. The predicted octanol–water partition coefficient (Wildman–Crippen LogP) is 1.99. The Hall–Kier alpha value is -1.52. The SMILES string of the molecule is CN(C)c1ccc(C(=O)C(C)(F)F)cn1. The van der Waals surface area contributed by atoms with Crippen LogP contribution in [0.4, 0.5) is 14.6 Å². The summed E-state index contributed by atoms with van der Waals surface area (Å²) >= 11 is 0. The van der Waals surface area contributed by atoms with E-state index in [1.54, 1.807) is 19.0 Å². The summed E-state index contributed by atoms with van der Waals surface area (Å²) < 4.78 is 25.3. The van der Waals surface area contributed by atoms with Crippen molar-refractivity contribution in [2.24, 2.45) is 0 Å². The van der Waals surface area contributed by atoms with Gasteiger partial charge in [0.05, 0.1) is 0 Å². The molecule has 0 bridgehead atoms. The standard InChI is InChI=1S/C10H12F2N2O/c1-10(11,12)9(15)7-4-5-8(13-6-7)14(2)3/h4-6H,1-3H3. The number of hydrogen-bond donors (Lipinski definition) is 0. The minimum Gasteiger partial charge on any atom is -0.363 e. The van der Waals surface area contributed by atoms with Gasteiger partial charge in [-0.2, -0.15) is 8.78 Å². The molecule has 1 aromatic heterocycles. The largest absolute Gasteiger partial charge is 0.363 e. The molecule has 0 amide bonds. The molecule has 0 aliphatic heterocycles. The molecule has 1 aromatic rings. The van der Waals surface area contributed by atoms with Gasteiger partial charge in [-0.1, -0.05) is 0 Å². The molecule has 0 N–H and O–H groups in total. The van der Waals surface area contributed by atoms with E-state index in [4.69, 9.17) is 0 Å². The molecular weight excluding hydrogens is 202 g/mol. The quantitative estimate of drug-likeness (QED) is 0.721. The Morgan fingerprint density at radius 1 is 1.40 bits per heavy atom. The first-order valence-corrected chi connectivity index (χ1v) is 4.38. The van der Waals surface area contributed by atoms with Gasteiger partial charge in [0.25, 0.3) is 0 Å². The maximum absolute atomic E-state index is 12.7. The van der Waals surface area contributed by atoms with Crippen molar-refractivity contribution in [1.82, 2.24) is 4.98 Å². The maximum Gasteiger partial charge on any atom is 0.307 e. The molecule has 0 saturated carbocycles. The molecule has 0 aliphatic rings. The lowest BCUT2D eigenvalue weighted by Crippen LogP contribution is -2.24. The van der Waals surface area contributed by atoms with Gasteiger partial charge in [0.1, 0.15) is 5.82 Å². The molecule has 0 fully saturated rings. The van der Waals surface area contributed by atoms with Crippen molar-refractivity contribution < 1.29 is 13.6 Å². The van der Waals surface area contributed by atoms with Gasteiger partial charge < -0.3 is 4.90 Å². The monoisotopic (exact) mass is 214 g/mol. The van der Waals surface area contributed by atoms with Crippen LogP contribution in [0, 0.1) is 0 Å². The molecule has 0 unspecified atom stereocenters. The van der Waals surface area contributed by atoms with Crippen LogP contribution in [0.3, 0.4) is 0 Å². The lowest BCUT2D eigenvalue weighted by atomic mass is 10.1. The van der Waals surface area contributed by atoms with Crippen molar-refractivity contribution in [2.45, 2.75) is 12.8 Å². The van der Waals surface area contributed by atoms with E-state index >= 15 is 0 Å². The highest BCUT2D eigenvalue weighted by Crippen LogP contribution is 2.19. The van der Waals surface area contributed by atoms with Crippen LogP contribution < -0.4 is 4.90 Å². The molecular formula is C10H12F2N2O. The third-order valence-corrected chi connectivity index (χ3v) is 1.87. The summed E-state index contributed by atoms with van der Waals surface area (Å²) in [5, 5.41) is 0. The van der Waals surface area contributed by atoms with E-state index in [0.717, 1.165) is 6.20 Å². The lowest BCUT2D eigenvalue weighted by molar-refractivity contribution is 0.0221. The number of carbonyl (C=O) groups excluding carboxylic acids is 1. The summed E-state index contributed by atoms with van der Waals surface area (Å²) in [7, 11) is 3.55. The first-order chi connectivity index (χ1) is 6.82. The van der Waals surface area contributed by atoms with E-state index in [9.17, 15) is 13.6 Å². The molecule has 82 valence electrons. The topological polar surface area (TPSA) is 33.2 Å². The summed E-state index contributed by atoms with van der Waals surface area (Å²) in [6.45, 7) is 0.579. The van der Waals surface area contributed by atoms with Crippen LogP contribution in [0.25, 0.3) is 0 Å². The molecule has 0 aliphatic carbocycles. The fraction of sp³-hybridized carbons (Fsp3) is 0.400. The van der Waals surface area contributed by atoms with E-state index < -0.39 is 11.7 Å². The highest BCUT2D eigenvalue weighted by molar-refractivity contribution is 6.00. The van der Waals surface area contributed by atoms with Gasteiger partial charge in [0.2, 0.25) is 5.78 Å². The summed E-state index contributed by atoms with van der Waals surface area (Å²) in [6, 6.07) is 2.88. The molecule has 5 heteroatoms. The van der Waals surface area contributed by atoms with Crippen LogP contribution in [-0.2, 0) is 0 Å². The molecule has 15 heavy (non-hydrogen) atoms. The number of nitrogens with zero attached hydrogens (tertiary/aromatic N) is 2. The van der Waals surface area contributed by atoms with E-state index in [1.807, 2.05) is 0 Å². The molecule has 0 saturated heterocycles. The van der Waals surface area contributed by atoms with Crippen molar-refractivity contribution in [3.05, 3.63) is 23.9 Å². The van der Waals surface area contributed by atoms with Gasteiger partial charge in [-0.05, 0) is 12.1 Å². The molecule has 1 heterocycles. The van der Waals surface area contributed by atoms with E-state index in [0.29, 0.717) is 12.7 Å². The maximum atomic E-state index is 12.7. The molecule has 0 aromatic carbocycles. The number of anilines is 1. The zero-order valence-corrected chi connectivity index (χ0v) is 8.79. The van der Waals surface area contributed by atoms with Crippen LogP contribution in [-0.4, -0.2) is 30.8 Å². The zero-order chi connectivity index (χ0) is 11.6. The Kier molecular flexibility index (Phi) is 3.02. The van der Waals surface area contributed by atoms with Gasteiger partial charge in [-0.3, -0.25) is 4.79 Å². The normalized spacial score (nSPS) is 11.3. The lowest BCUT2D eigenvalue weighted by Gasteiger charge is -2.12. The van der Waals surface area contributed by atoms with E-state index in [-0.39, 0.29) is 5.56 Å². The second kappa shape index (κ2) is 3.92. The van der Waals surface area contributed by atoms with Crippen LogP contribution in [0.2, 0.25) is 0 Å². The van der Waals surface area contributed by atoms with Gasteiger partial charge in [-0.25, -0.2) is 4.98 Å². The number of hydrogen-bond acceptors (Lipinski definition) is 3. The fourth-order valence-corrected chi connectivity index (χ4v) is 1.04. The van der Waals surface area contributed by atoms with Crippen molar-refractivity contribution in [3.63, 3.8) is 0 Å². The Labute approximate surface area is 86.7 Å². The Morgan fingerprint density at radius 3 is 2.33 bits per heavy atom. The highest BCUT2D eigenvalue weighted by Gasteiger charge is 2.33. The summed E-state index contributed by atoms with van der Waals surface area (Å²) in [5.41, 5.74) is -0.0758. The first kappa shape index (κ1) is 11.6. The Balaban J connectivity index is 2.95. The summed E-state index contributed by atoms with van der Waals surface area (Å²) in [5.74, 6) is -3.94. The second-order valence-corrected chi connectivity index (χ2v) is 3.52. The molecule has 1 rings (SSSR count). The van der Waals surface area contributed by atoms with Crippen molar-refractivity contribution in [3.8, 4) is 0 Å². The second-order valence-electron chi connectivity index (χ2n) is 3.52. The van der Waals surface area contributed by atoms with E-state index in [2.05, 4.69) is 4.98 Å². The average molecular weight is 214 g/mol. The summed E-state index contributed by atoms with van der Waals surface area (Å²) in [4.78, 5) is 16.7. The number of ketones is 1. The first-order valence-electron chi connectivity index (χ1n) is 4.38. The average Bonchev–Trinajstić information content (AvgIpc) is 2.15. The van der Waals surface area contributed by atoms with Crippen LogP contribution in [0.1, 0.15) is 17.3 Å². The molecule has 3 nitrogen and oxygen atoms in total. The van der Waals surface area contributed by atoms with Crippen molar-refractivity contribution in [2.75, 3.05) is 19.0 Å². The Bertz CT molecular complexity index is 355. The molecule has 0 spiro atoms.